The number of hydrogen-bond acceptors (Lipinski definition) is 0. The quantitative estimate of drug-likeness (QED) is 0.567. The first-order chi connectivity index (χ1) is 7.99. The molecule has 0 amide bonds. The van der Waals surface area contributed by atoms with E-state index in [4.69, 9.17) is 58.0 Å². The minimum atomic E-state index is 0.326. The average molecular weight is 325 g/mol. The Morgan fingerprint density at radius 1 is 0.824 bits per heavy atom. The second-order valence-corrected chi connectivity index (χ2v) is 5.31. The van der Waals surface area contributed by atoms with Crippen molar-refractivity contribution in [3.05, 3.63) is 55.4 Å². The Bertz CT molecular complexity index is 554. The van der Waals surface area contributed by atoms with Crippen LogP contribution in [0.4, 0.5) is 0 Å². The van der Waals surface area contributed by atoms with E-state index in [-0.39, 0.29) is 0 Å². The van der Waals surface area contributed by atoms with Gasteiger partial charge in [0.25, 0.3) is 0 Å². The van der Waals surface area contributed by atoms with Crippen molar-refractivity contribution >= 4 is 58.0 Å². The van der Waals surface area contributed by atoms with Crippen molar-refractivity contribution in [2.45, 2.75) is 0 Å². The lowest BCUT2D eigenvalue weighted by atomic mass is 10.1. The molecule has 2 aromatic rings. The summed E-state index contributed by atoms with van der Waals surface area (Å²) < 4.78 is 0. The van der Waals surface area contributed by atoms with E-state index in [0.717, 1.165) is 0 Å². The van der Waals surface area contributed by atoms with Gasteiger partial charge >= 0.3 is 0 Å². The highest BCUT2D eigenvalue weighted by atomic mass is 35.5. The van der Waals surface area contributed by atoms with Crippen LogP contribution in [0.3, 0.4) is 0 Å². The second-order valence-electron chi connectivity index (χ2n) is 3.28. The summed E-state index contributed by atoms with van der Waals surface area (Å²) in [4.78, 5) is 0. The number of benzene rings is 2. The normalized spacial score (nSPS) is 10.6. The SMILES string of the molecule is Clc1[c]c(Cl)c(-c2ccc(Cl)cc2Cl)c(Cl)c1. The van der Waals surface area contributed by atoms with Gasteiger partial charge in [0.05, 0.1) is 15.1 Å². The highest BCUT2D eigenvalue weighted by Crippen LogP contribution is 2.40. The van der Waals surface area contributed by atoms with Crippen molar-refractivity contribution in [3.8, 4) is 11.1 Å². The highest BCUT2D eigenvalue weighted by Gasteiger charge is 2.13. The number of halogens is 5. The minimum absolute atomic E-state index is 0.326. The highest BCUT2D eigenvalue weighted by molar-refractivity contribution is 6.43. The lowest BCUT2D eigenvalue weighted by Crippen LogP contribution is -1.84. The molecule has 1 radical (unpaired) electrons. The molecule has 0 unspecified atom stereocenters. The summed E-state index contributed by atoms with van der Waals surface area (Å²) in [5.41, 5.74) is 1.29. The van der Waals surface area contributed by atoms with Crippen molar-refractivity contribution in [2.75, 3.05) is 0 Å². The van der Waals surface area contributed by atoms with Gasteiger partial charge in [0.15, 0.2) is 0 Å². The fourth-order valence-corrected chi connectivity index (χ4v) is 2.90. The third kappa shape index (κ3) is 2.83. The Morgan fingerprint density at radius 2 is 1.53 bits per heavy atom. The zero-order chi connectivity index (χ0) is 12.6. The van der Waals surface area contributed by atoms with E-state index in [1.807, 2.05) is 0 Å². The van der Waals surface area contributed by atoms with Crippen molar-refractivity contribution in [1.29, 1.82) is 0 Å². The molecule has 0 bridgehead atoms. The van der Waals surface area contributed by atoms with Crippen LogP contribution in [0.5, 0.6) is 0 Å². The van der Waals surface area contributed by atoms with Crippen LogP contribution in [0.25, 0.3) is 11.1 Å². The Balaban J connectivity index is 2.68. The van der Waals surface area contributed by atoms with E-state index in [1.54, 1.807) is 24.3 Å². The van der Waals surface area contributed by atoms with Gasteiger partial charge < -0.3 is 0 Å². The zero-order valence-electron chi connectivity index (χ0n) is 8.20. The predicted octanol–water partition coefficient (Wildman–Crippen LogP) is 6.42. The lowest BCUT2D eigenvalue weighted by Gasteiger charge is -2.09. The van der Waals surface area contributed by atoms with Crippen LogP contribution >= 0.6 is 58.0 Å². The molecule has 0 nitrogen and oxygen atoms in total. The van der Waals surface area contributed by atoms with Crippen LogP contribution in [-0.4, -0.2) is 0 Å². The van der Waals surface area contributed by atoms with E-state index in [0.29, 0.717) is 36.2 Å². The van der Waals surface area contributed by atoms with Crippen LogP contribution in [0.15, 0.2) is 24.3 Å². The van der Waals surface area contributed by atoms with Crippen LogP contribution in [0.2, 0.25) is 25.1 Å². The third-order valence-corrected chi connectivity index (χ3v) is 3.47. The topological polar surface area (TPSA) is 0 Å². The molecule has 2 aromatic carbocycles. The predicted molar refractivity (Wildman–Crippen MR) is 75.8 cm³/mol. The standard InChI is InChI=1S/C12H4Cl5/c13-6-1-2-8(9(15)3-6)12-10(16)4-7(14)5-11(12)17/h1-4H. The Kier molecular flexibility index (Phi) is 4.12. The molecule has 0 aliphatic carbocycles. The van der Waals surface area contributed by atoms with E-state index < -0.39 is 0 Å². The summed E-state index contributed by atoms with van der Waals surface area (Å²) in [5.74, 6) is 0. The van der Waals surface area contributed by atoms with E-state index >= 15 is 0 Å². The smallest absolute Gasteiger partial charge is 0.0594 e. The molecule has 5 heteroatoms. The third-order valence-electron chi connectivity index (χ3n) is 2.14. The fourth-order valence-electron chi connectivity index (χ4n) is 1.43. The van der Waals surface area contributed by atoms with Crippen LogP contribution in [-0.2, 0) is 0 Å². The summed E-state index contributed by atoms with van der Waals surface area (Å²) in [6.45, 7) is 0. The molecule has 0 spiro atoms. The van der Waals surface area contributed by atoms with Gasteiger partial charge in [0.1, 0.15) is 0 Å². The molecule has 0 aliphatic heterocycles. The average Bonchev–Trinajstić information content (AvgIpc) is 2.19. The molecular weight excluding hydrogens is 321 g/mol. The Morgan fingerprint density at radius 3 is 2.12 bits per heavy atom. The van der Waals surface area contributed by atoms with Crippen LogP contribution in [0, 0.1) is 6.07 Å². The molecule has 0 aromatic heterocycles. The molecular formula is C12H4Cl5. The molecule has 0 aliphatic rings. The molecule has 0 N–H and O–H groups in total. The molecule has 0 saturated heterocycles. The van der Waals surface area contributed by atoms with Gasteiger partial charge in [-0.3, -0.25) is 0 Å². The molecule has 0 fully saturated rings. The summed E-state index contributed by atoms with van der Waals surface area (Å²) in [6.07, 6.45) is 0. The second kappa shape index (κ2) is 5.26. The van der Waals surface area contributed by atoms with Gasteiger partial charge in [-0.15, -0.1) is 0 Å². The van der Waals surface area contributed by atoms with Crippen molar-refractivity contribution in [1.82, 2.24) is 0 Å². The molecule has 0 atom stereocenters. The Hall–Kier alpha value is -0.110. The number of hydrogen-bond donors (Lipinski definition) is 0. The first-order valence-electron chi connectivity index (χ1n) is 4.51. The molecule has 17 heavy (non-hydrogen) atoms. The van der Waals surface area contributed by atoms with Crippen molar-refractivity contribution in [3.63, 3.8) is 0 Å². The molecule has 87 valence electrons. The summed E-state index contributed by atoms with van der Waals surface area (Å²) in [6, 6.07) is 9.43. The maximum absolute atomic E-state index is 6.10. The van der Waals surface area contributed by atoms with Crippen molar-refractivity contribution in [2.24, 2.45) is 0 Å². The Labute approximate surface area is 124 Å². The fraction of sp³-hybridized carbons (Fsp3) is 0. The summed E-state index contributed by atoms with van der Waals surface area (Å²) in [5, 5.41) is 2.12. The molecule has 0 saturated carbocycles. The van der Waals surface area contributed by atoms with Crippen molar-refractivity contribution < 1.29 is 0 Å². The maximum atomic E-state index is 6.10. The van der Waals surface area contributed by atoms with Gasteiger partial charge in [-0.05, 0) is 18.2 Å². The molecule has 2 rings (SSSR count). The first kappa shape index (κ1) is 13.3. The summed E-state index contributed by atoms with van der Waals surface area (Å²) in [7, 11) is 0. The van der Waals surface area contributed by atoms with Crippen LogP contribution in [0.1, 0.15) is 0 Å². The minimum Gasteiger partial charge on any atom is -0.0843 e. The first-order valence-corrected chi connectivity index (χ1v) is 6.40. The van der Waals surface area contributed by atoms with Gasteiger partial charge in [0.2, 0.25) is 0 Å². The number of rotatable bonds is 1. The zero-order valence-corrected chi connectivity index (χ0v) is 12.0. The van der Waals surface area contributed by atoms with E-state index in [2.05, 4.69) is 6.07 Å². The van der Waals surface area contributed by atoms with E-state index in [1.165, 1.54) is 0 Å². The van der Waals surface area contributed by atoms with Gasteiger partial charge in [-0.1, -0.05) is 64.1 Å². The molecule has 0 heterocycles. The van der Waals surface area contributed by atoms with Gasteiger partial charge in [0, 0.05) is 27.2 Å². The monoisotopic (exact) mass is 323 g/mol. The lowest BCUT2D eigenvalue weighted by molar-refractivity contribution is 1.60. The van der Waals surface area contributed by atoms with E-state index in [9.17, 15) is 0 Å². The summed E-state index contributed by atoms with van der Waals surface area (Å²) >= 11 is 29.9. The maximum Gasteiger partial charge on any atom is 0.0594 e. The largest absolute Gasteiger partial charge is 0.0843 e. The van der Waals surface area contributed by atoms with Gasteiger partial charge in [-0.2, -0.15) is 0 Å². The van der Waals surface area contributed by atoms with Crippen LogP contribution < -0.4 is 0 Å². The van der Waals surface area contributed by atoms with Gasteiger partial charge in [-0.25, -0.2) is 0 Å².